The van der Waals surface area contributed by atoms with Crippen molar-refractivity contribution in [3.63, 3.8) is 0 Å². The van der Waals surface area contributed by atoms with E-state index in [-0.39, 0.29) is 6.61 Å². The van der Waals surface area contributed by atoms with Gasteiger partial charge in [-0.25, -0.2) is 4.79 Å². The molecule has 16 heavy (non-hydrogen) atoms. The van der Waals surface area contributed by atoms with Crippen molar-refractivity contribution in [2.75, 3.05) is 16.1 Å². The minimum Gasteiger partial charge on any atom is -0.462 e. The zero-order chi connectivity index (χ0) is 11.8. The maximum absolute atomic E-state index is 11.4. The van der Waals surface area contributed by atoms with Crippen LogP contribution in [-0.2, 0) is 14.9 Å². The van der Waals surface area contributed by atoms with Crippen LogP contribution in [0.3, 0.4) is 0 Å². The van der Waals surface area contributed by atoms with Gasteiger partial charge in [0.15, 0.2) is 0 Å². The third kappa shape index (κ3) is 1.94. The number of ether oxygens (including phenoxy) is 1. The fraction of sp³-hybridized carbons (Fsp3) is 0.222. The van der Waals surface area contributed by atoms with Gasteiger partial charge < -0.3 is 4.74 Å². The molecule has 0 aliphatic carbocycles. The van der Waals surface area contributed by atoms with E-state index in [2.05, 4.69) is 9.44 Å². The molecule has 7 heteroatoms. The van der Waals surface area contributed by atoms with Gasteiger partial charge in [-0.2, -0.15) is 8.42 Å². The lowest BCUT2D eigenvalue weighted by atomic mass is 10.2. The first-order chi connectivity index (χ1) is 7.52. The molecule has 0 saturated heterocycles. The highest BCUT2D eigenvalue weighted by Crippen LogP contribution is 2.30. The molecule has 1 aliphatic heterocycles. The van der Waals surface area contributed by atoms with Crippen LogP contribution in [0.25, 0.3) is 0 Å². The summed E-state index contributed by atoms with van der Waals surface area (Å²) in [7, 11) is -3.51. The molecular formula is C9H10N2O4S. The summed E-state index contributed by atoms with van der Waals surface area (Å²) in [6.07, 6.45) is 0. The fourth-order valence-corrected chi connectivity index (χ4v) is 2.35. The topological polar surface area (TPSA) is 84.5 Å². The summed E-state index contributed by atoms with van der Waals surface area (Å²) in [5.74, 6) is -0.476. The van der Waals surface area contributed by atoms with Gasteiger partial charge in [-0.3, -0.25) is 9.44 Å². The molecule has 0 atom stereocenters. The Bertz CT molecular complexity index is 538. The molecule has 0 aromatic heterocycles. The molecule has 0 unspecified atom stereocenters. The number of carbonyl (C=O) groups is 1. The van der Waals surface area contributed by atoms with Crippen LogP contribution in [0.15, 0.2) is 18.2 Å². The van der Waals surface area contributed by atoms with E-state index in [1.54, 1.807) is 6.92 Å². The summed E-state index contributed by atoms with van der Waals surface area (Å²) in [6, 6.07) is 4.45. The Morgan fingerprint density at radius 2 is 2.00 bits per heavy atom. The lowest BCUT2D eigenvalue weighted by Gasteiger charge is -2.02. The number of fused-ring (bicyclic) bond motifs is 1. The molecule has 1 aromatic rings. The predicted molar refractivity (Wildman–Crippen MR) is 58.6 cm³/mol. The number of hydrogen-bond donors (Lipinski definition) is 2. The van der Waals surface area contributed by atoms with Gasteiger partial charge in [-0.05, 0) is 25.1 Å². The highest BCUT2D eigenvalue weighted by molar-refractivity contribution is 7.94. The van der Waals surface area contributed by atoms with Crippen LogP contribution in [0.5, 0.6) is 0 Å². The van der Waals surface area contributed by atoms with Crippen LogP contribution in [0, 0.1) is 0 Å². The van der Waals surface area contributed by atoms with Crippen molar-refractivity contribution >= 4 is 27.6 Å². The largest absolute Gasteiger partial charge is 0.462 e. The van der Waals surface area contributed by atoms with Gasteiger partial charge in [-0.1, -0.05) is 0 Å². The van der Waals surface area contributed by atoms with E-state index < -0.39 is 16.2 Å². The molecule has 0 spiro atoms. The minimum absolute atomic E-state index is 0.278. The maximum Gasteiger partial charge on any atom is 0.338 e. The number of esters is 1. The Morgan fingerprint density at radius 1 is 1.31 bits per heavy atom. The summed E-state index contributed by atoms with van der Waals surface area (Å²) < 4.78 is 31.7. The Morgan fingerprint density at radius 3 is 2.69 bits per heavy atom. The van der Waals surface area contributed by atoms with Crippen LogP contribution in [0.4, 0.5) is 11.4 Å². The Labute approximate surface area is 92.8 Å². The molecule has 0 radical (unpaired) electrons. The van der Waals surface area contributed by atoms with E-state index in [1.165, 1.54) is 18.2 Å². The van der Waals surface area contributed by atoms with Crippen molar-refractivity contribution < 1.29 is 17.9 Å². The molecule has 2 rings (SSSR count). The van der Waals surface area contributed by atoms with E-state index >= 15 is 0 Å². The third-order valence-corrected chi connectivity index (χ3v) is 3.00. The molecule has 86 valence electrons. The highest BCUT2D eigenvalue weighted by Gasteiger charge is 2.23. The summed E-state index contributed by atoms with van der Waals surface area (Å²) in [5.41, 5.74) is 1.09. The standard InChI is InChI=1S/C9H10N2O4S/c1-2-15-9(12)6-3-4-7-8(5-6)11-16(13,14)10-7/h3-5,10-11H,2H2,1H3. The zero-order valence-corrected chi connectivity index (χ0v) is 9.30. The molecule has 0 amide bonds. The fourth-order valence-electron chi connectivity index (χ4n) is 1.37. The van der Waals surface area contributed by atoms with Gasteiger partial charge in [0.25, 0.3) is 0 Å². The van der Waals surface area contributed by atoms with Crippen molar-refractivity contribution in [1.82, 2.24) is 0 Å². The average Bonchev–Trinajstić information content (AvgIpc) is 2.50. The predicted octanol–water partition coefficient (Wildman–Crippen LogP) is 0.945. The number of rotatable bonds is 2. The van der Waals surface area contributed by atoms with Gasteiger partial charge in [0.1, 0.15) is 0 Å². The van der Waals surface area contributed by atoms with Gasteiger partial charge in [0.2, 0.25) is 0 Å². The van der Waals surface area contributed by atoms with E-state index in [1.807, 2.05) is 0 Å². The summed E-state index contributed by atoms with van der Waals surface area (Å²) in [4.78, 5) is 11.4. The van der Waals surface area contributed by atoms with Gasteiger partial charge >= 0.3 is 16.2 Å². The molecule has 0 bridgehead atoms. The molecule has 1 aromatic carbocycles. The lowest BCUT2D eigenvalue weighted by molar-refractivity contribution is 0.0526. The molecule has 2 N–H and O–H groups in total. The molecule has 6 nitrogen and oxygen atoms in total. The van der Waals surface area contributed by atoms with Crippen LogP contribution in [0.1, 0.15) is 17.3 Å². The third-order valence-electron chi connectivity index (χ3n) is 2.02. The maximum atomic E-state index is 11.4. The first-order valence-electron chi connectivity index (χ1n) is 4.63. The first-order valence-corrected chi connectivity index (χ1v) is 6.12. The lowest BCUT2D eigenvalue weighted by Crippen LogP contribution is -2.12. The average molecular weight is 242 g/mol. The smallest absolute Gasteiger partial charge is 0.338 e. The number of benzene rings is 1. The second kappa shape index (κ2) is 3.67. The Hall–Kier alpha value is -1.76. The first kappa shape index (κ1) is 10.7. The molecule has 1 heterocycles. The Kier molecular flexibility index (Phi) is 2.47. The van der Waals surface area contributed by atoms with E-state index in [9.17, 15) is 13.2 Å². The second-order valence-electron chi connectivity index (χ2n) is 3.19. The van der Waals surface area contributed by atoms with Crippen molar-refractivity contribution in [2.45, 2.75) is 6.92 Å². The number of carbonyl (C=O) groups excluding carboxylic acids is 1. The Balaban J connectivity index is 2.32. The number of hydrogen-bond acceptors (Lipinski definition) is 4. The highest BCUT2D eigenvalue weighted by atomic mass is 32.2. The summed E-state index contributed by atoms with van der Waals surface area (Å²) in [5, 5.41) is 0. The van der Waals surface area contributed by atoms with Crippen LogP contribution < -0.4 is 9.44 Å². The van der Waals surface area contributed by atoms with Crippen molar-refractivity contribution in [2.24, 2.45) is 0 Å². The molecular weight excluding hydrogens is 232 g/mol. The van der Waals surface area contributed by atoms with Crippen LogP contribution in [0.2, 0.25) is 0 Å². The number of anilines is 2. The quantitative estimate of drug-likeness (QED) is 0.756. The normalized spacial score (nSPS) is 15.8. The zero-order valence-electron chi connectivity index (χ0n) is 8.48. The van der Waals surface area contributed by atoms with Gasteiger partial charge in [0, 0.05) is 0 Å². The SMILES string of the molecule is CCOC(=O)c1ccc2c(c1)NS(=O)(=O)N2. The minimum atomic E-state index is -3.51. The molecule has 0 saturated carbocycles. The van der Waals surface area contributed by atoms with Crippen molar-refractivity contribution in [1.29, 1.82) is 0 Å². The number of nitrogens with one attached hydrogen (secondary N) is 2. The summed E-state index contributed by atoms with van der Waals surface area (Å²) >= 11 is 0. The van der Waals surface area contributed by atoms with Crippen molar-refractivity contribution in [3.8, 4) is 0 Å². The molecule has 1 aliphatic rings. The second-order valence-corrected chi connectivity index (χ2v) is 4.60. The van der Waals surface area contributed by atoms with Gasteiger partial charge in [-0.15, -0.1) is 0 Å². The van der Waals surface area contributed by atoms with Gasteiger partial charge in [0.05, 0.1) is 23.5 Å². The van der Waals surface area contributed by atoms with E-state index in [0.717, 1.165) is 0 Å². The van der Waals surface area contributed by atoms with E-state index in [0.29, 0.717) is 16.9 Å². The van der Waals surface area contributed by atoms with Crippen LogP contribution in [-0.4, -0.2) is 21.0 Å². The van der Waals surface area contributed by atoms with E-state index in [4.69, 9.17) is 4.74 Å². The summed E-state index contributed by atoms with van der Waals surface area (Å²) in [6.45, 7) is 1.98. The molecule has 0 fully saturated rings. The monoisotopic (exact) mass is 242 g/mol. The van der Waals surface area contributed by atoms with Crippen LogP contribution >= 0.6 is 0 Å². The van der Waals surface area contributed by atoms with Crippen molar-refractivity contribution in [3.05, 3.63) is 23.8 Å².